The third-order valence-corrected chi connectivity index (χ3v) is 9.09. The summed E-state index contributed by atoms with van der Waals surface area (Å²) < 4.78 is 7.37. The van der Waals surface area contributed by atoms with Crippen molar-refractivity contribution in [2.24, 2.45) is 0 Å². The quantitative estimate of drug-likeness (QED) is 0.258. The minimum absolute atomic E-state index is 0.0320. The second-order valence-corrected chi connectivity index (χ2v) is 12.0. The summed E-state index contributed by atoms with van der Waals surface area (Å²) in [5, 5.41) is 14.1. The Morgan fingerprint density at radius 1 is 1.00 bits per heavy atom. The number of benzene rings is 2. The highest BCUT2D eigenvalue weighted by atomic mass is 16.5. The Labute approximate surface area is 261 Å². The van der Waals surface area contributed by atoms with Gasteiger partial charge < -0.3 is 24.5 Å². The van der Waals surface area contributed by atoms with Crippen molar-refractivity contribution in [3.63, 3.8) is 0 Å². The monoisotopic (exact) mass is 601 g/mol. The van der Waals surface area contributed by atoms with Gasteiger partial charge in [-0.1, -0.05) is 24.3 Å². The summed E-state index contributed by atoms with van der Waals surface area (Å²) in [5.74, 6) is 1.19. The van der Waals surface area contributed by atoms with Crippen molar-refractivity contribution in [3.8, 4) is 11.3 Å². The highest BCUT2D eigenvalue weighted by Crippen LogP contribution is 2.41. The van der Waals surface area contributed by atoms with Crippen LogP contribution in [-0.4, -0.2) is 68.1 Å². The molecule has 2 fully saturated rings. The summed E-state index contributed by atoms with van der Waals surface area (Å²) in [7, 11) is 0. The molecule has 0 unspecified atom stereocenters. The Balaban J connectivity index is 1.09. The van der Waals surface area contributed by atoms with Gasteiger partial charge in [-0.2, -0.15) is 0 Å². The first kappa shape index (κ1) is 27.9. The highest BCUT2D eigenvalue weighted by molar-refractivity contribution is 6.09. The molecule has 3 aromatic heterocycles. The van der Waals surface area contributed by atoms with Crippen molar-refractivity contribution in [2.45, 2.75) is 38.3 Å². The number of hydrogen-bond donors (Lipinski definition) is 2. The van der Waals surface area contributed by atoms with Crippen molar-refractivity contribution >= 4 is 28.7 Å². The molecular weight excluding hydrogens is 566 g/mol. The van der Waals surface area contributed by atoms with Crippen LogP contribution in [0.1, 0.15) is 51.5 Å². The minimum atomic E-state index is -0.232. The number of carbonyl (C=O) groups is 1. The number of aromatic nitrogens is 4. The number of anilines is 3. The third kappa shape index (κ3) is 5.45. The molecular formula is C35H35N7O3. The Kier molecular flexibility index (Phi) is 7.25. The van der Waals surface area contributed by atoms with Crippen molar-refractivity contribution in [1.82, 2.24) is 24.3 Å². The number of aliphatic hydroxyl groups excluding tert-OH is 1. The number of aliphatic hydroxyl groups is 1. The molecule has 1 aliphatic carbocycles. The molecule has 2 aromatic carbocycles. The Morgan fingerprint density at radius 2 is 1.89 bits per heavy atom. The van der Waals surface area contributed by atoms with Gasteiger partial charge in [0, 0.05) is 61.5 Å². The predicted octanol–water partition coefficient (Wildman–Crippen LogP) is 4.94. The number of nitrogens with one attached hydrogen (secondary N) is 1. The molecule has 3 aliphatic rings. The lowest BCUT2D eigenvalue weighted by atomic mass is 9.93. The SMILES string of the molecule is O=C1c2ccc(C3CC3)cc2CCN1c1cccc(-c2cn3ccnc3c(Nc3ccc(CN4CCOCC4)nc3)n2)c1CO. The molecule has 2 N–H and O–H groups in total. The average molecular weight is 602 g/mol. The first-order valence-electron chi connectivity index (χ1n) is 15.7. The van der Waals surface area contributed by atoms with E-state index in [2.05, 4.69) is 32.3 Å². The van der Waals surface area contributed by atoms with Gasteiger partial charge in [0.2, 0.25) is 0 Å². The van der Waals surface area contributed by atoms with Crippen LogP contribution in [0.3, 0.4) is 0 Å². The fraction of sp³-hybridized carbons (Fsp3) is 0.314. The number of imidazole rings is 1. The molecule has 2 aliphatic heterocycles. The van der Waals surface area contributed by atoms with E-state index in [0.29, 0.717) is 40.9 Å². The predicted molar refractivity (Wildman–Crippen MR) is 172 cm³/mol. The molecule has 10 nitrogen and oxygen atoms in total. The Bertz CT molecular complexity index is 1880. The number of morpholine rings is 1. The van der Waals surface area contributed by atoms with E-state index in [9.17, 15) is 9.90 Å². The number of amides is 1. The summed E-state index contributed by atoms with van der Waals surface area (Å²) in [4.78, 5) is 32.1. The van der Waals surface area contributed by atoms with Gasteiger partial charge in [0.05, 0.1) is 48.8 Å². The van der Waals surface area contributed by atoms with Crippen LogP contribution >= 0.6 is 0 Å². The van der Waals surface area contributed by atoms with Crippen LogP contribution in [0.5, 0.6) is 0 Å². The third-order valence-electron chi connectivity index (χ3n) is 9.09. The van der Waals surface area contributed by atoms with Gasteiger partial charge in [0.25, 0.3) is 5.91 Å². The number of hydrogen-bond acceptors (Lipinski definition) is 8. The number of fused-ring (bicyclic) bond motifs is 2. The fourth-order valence-electron chi connectivity index (χ4n) is 6.50. The van der Waals surface area contributed by atoms with Crippen LogP contribution in [0.2, 0.25) is 0 Å². The normalized spacial score (nSPS) is 17.1. The van der Waals surface area contributed by atoms with Crippen LogP contribution in [0, 0.1) is 0 Å². The molecule has 0 bridgehead atoms. The summed E-state index contributed by atoms with van der Waals surface area (Å²) >= 11 is 0. The molecule has 5 heterocycles. The van der Waals surface area contributed by atoms with Gasteiger partial charge >= 0.3 is 0 Å². The molecule has 228 valence electrons. The maximum atomic E-state index is 13.8. The number of carbonyl (C=O) groups excluding carboxylic acids is 1. The zero-order chi connectivity index (χ0) is 30.3. The lowest BCUT2D eigenvalue weighted by molar-refractivity contribution is 0.0336. The first-order valence-corrected chi connectivity index (χ1v) is 15.7. The van der Waals surface area contributed by atoms with Gasteiger partial charge in [-0.25, -0.2) is 9.97 Å². The number of pyridine rings is 1. The smallest absolute Gasteiger partial charge is 0.258 e. The summed E-state index contributed by atoms with van der Waals surface area (Å²) in [6, 6.07) is 16.1. The molecule has 1 saturated heterocycles. The van der Waals surface area contributed by atoms with Crippen LogP contribution in [0.25, 0.3) is 16.9 Å². The van der Waals surface area contributed by atoms with Gasteiger partial charge in [0.15, 0.2) is 11.5 Å². The number of rotatable bonds is 8. The molecule has 10 heteroatoms. The lowest BCUT2D eigenvalue weighted by Gasteiger charge is -2.31. The van der Waals surface area contributed by atoms with E-state index in [0.717, 1.165) is 67.3 Å². The second-order valence-electron chi connectivity index (χ2n) is 12.0. The first-order chi connectivity index (χ1) is 22.1. The summed E-state index contributed by atoms with van der Waals surface area (Å²) in [6.45, 7) is 4.45. The van der Waals surface area contributed by atoms with Gasteiger partial charge in [-0.05, 0) is 60.6 Å². The molecule has 0 radical (unpaired) electrons. The van der Waals surface area contributed by atoms with Gasteiger partial charge in [0.1, 0.15) is 0 Å². The van der Waals surface area contributed by atoms with Crippen LogP contribution < -0.4 is 10.2 Å². The molecule has 0 atom stereocenters. The largest absolute Gasteiger partial charge is 0.392 e. The van der Waals surface area contributed by atoms with Crippen LogP contribution in [0.4, 0.5) is 17.2 Å². The van der Waals surface area contributed by atoms with E-state index in [-0.39, 0.29) is 12.5 Å². The van der Waals surface area contributed by atoms with Crippen molar-refractivity contribution in [1.29, 1.82) is 0 Å². The fourth-order valence-corrected chi connectivity index (χ4v) is 6.50. The van der Waals surface area contributed by atoms with Crippen molar-refractivity contribution in [2.75, 3.05) is 43.1 Å². The zero-order valence-corrected chi connectivity index (χ0v) is 25.0. The van der Waals surface area contributed by atoms with Gasteiger partial charge in [-0.15, -0.1) is 0 Å². The topological polar surface area (TPSA) is 108 Å². The molecule has 45 heavy (non-hydrogen) atoms. The highest BCUT2D eigenvalue weighted by Gasteiger charge is 2.30. The summed E-state index contributed by atoms with van der Waals surface area (Å²) in [5.41, 5.74) is 8.47. The standard InChI is InChI=1S/C35H35N7O3/c43-22-30-29(2-1-3-32(30)42-12-10-25-18-24(23-4-5-23)6-9-28(25)35(42)44)31-21-41-13-11-36-34(41)33(39-31)38-26-7-8-27(37-19-26)20-40-14-16-45-17-15-40/h1-3,6-9,11,13,18-19,21,23,43H,4-5,10,12,14-17,20,22H2,(H,38,39). The molecule has 8 rings (SSSR count). The lowest BCUT2D eigenvalue weighted by Crippen LogP contribution is -2.38. The second kappa shape index (κ2) is 11.7. The van der Waals surface area contributed by atoms with E-state index >= 15 is 0 Å². The Hall–Kier alpha value is -4.64. The Morgan fingerprint density at radius 3 is 2.69 bits per heavy atom. The van der Waals surface area contributed by atoms with E-state index in [1.807, 2.05) is 59.4 Å². The maximum Gasteiger partial charge on any atom is 0.258 e. The van der Waals surface area contributed by atoms with E-state index < -0.39 is 0 Å². The van der Waals surface area contributed by atoms with Crippen LogP contribution in [0.15, 0.2) is 73.3 Å². The van der Waals surface area contributed by atoms with Crippen molar-refractivity contribution in [3.05, 3.63) is 101 Å². The molecule has 1 amide bonds. The molecule has 5 aromatic rings. The van der Waals surface area contributed by atoms with E-state index in [1.54, 1.807) is 11.1 Å². The van der Waals surface area contributed by atoms with Crippen molar-refractivity contribution < 1.29 is 14.6 Å². The molecule has 0 spiro atoms. The maximum absolute atomic E-state index is 13.8. The zero-order valence-electron chi connectivity index (χ0n) is 25.0. The van der Waals surface area contributed by atoms with Gasteiger partial charge in [-0.3, -0.25) is 14.7 Å². The number of nitrogens with zero attached hydrogens (tertiary/aromatic N) is 6. The van der Waals surface area contributed by atoms with E-state index in [4.69, 9.17) is 9.72 Å². The molecule has 1 saturated carbocycles. The summed E-state index contributed by atoms with van der Waals surface area (Å²) in [6.07, 6.45) is 10.6. The minimum Gasteiger partial charge on any atom is -0.392 e. The average Bonchev–Trinajstić information content (AvgIpc) is 3.82. The number of ether oxygens (including phenoxy) is 1. The van der Waals surface area contributed by atoms with E-state index in [1.165, 1.54) is 18.4 Å². The van der Waals surface area contributed by atoms with Crippen LogP contribution in [-0.2, 0) is 24.3 Å².